The highest BCUT2D eigenvalue weighted by Gasteiger charge is 2.31. The van der Waals surface area contributed by atoms with E-state index in [1.165, 1.54) is 0 Å². The van der Waals surface area contributed by atoms with E-state index in [0.29, 0.717) is 17.0 Å². The van der Waals surface area contributed by atoms with E-state index in [1.54, 1.807) is 10.4 Å². The van der Waals surface area contributed by atoms with E-state index < -0.39 is 10.0 Å². The lowest BCUT2D eigenvalue weighted by atomic mass is 10.1. The van der Waals surface area contributed by atoms with Crippen LogP contribution in [0.25, 0.3) is 0 Å². The Morgan fingerprint density at radius 3 is 2.62 bits per heavy atom. The van der Waals surface area contributed by atoms with Crippen molar-refractivity contribution < 1.29 is 13.5 Å². The second kappa shape index (κ2) is 6.46. The molecule has 1 heterocycles. The number of sulfonamides is 1. The summed E-state index contributed by atoms with van der Waals surface area (Å²) in [4.78, 5) is 0.347. The summed E-state index contributed by atoms with van der Waals surface area (Å²) in [5.74, 6) is 0. The summed E-state index contributed by atoms with van der Waals surface area (Å²) < 4.78 is 27.7. The highest BCUT2D eigenvalue weighted by atomic mass is 32.2. The van der Waals surface area contributed by atoms with Crippen LogP contribution in [0.1, 0.15) is 49.3 Å². The van der Waals surface area contributed by atoms with Gasteiger partial charge in [0.05, 0.1) is 11.5 Å². The molecule has 4 nitrogen and oxygen atoms in total. The van der Waals surface area contributed by atoms with E-state index in [2.05, 4.69) is 0 Å². The Hall–Kier alpha value is -0.910. The first-order valence-corrected chi connectivity index (χ1v) is 9.04. The lowest BCUT2D eigenvalue weighted by molar-refractivity contribution is 0.281. The third kappa shape index (κ3) is 3.30. The number of hydrogen-bond acceptors (Lipinski definition) is 3. The van der Waals surface area contributed by atoms with Crippen molar-refractivity contribution >= 4 is 10.0 Å². The molecule has 0 bridgehead atoms. The first-order valence-electron chi connectivity index (χ1n) is 7.60. The van der Waals surface area contributed by atoms with Gasteiger partial charge in [-0.3, -0.25) is 0 Å². The number of hydrogen-bond donors (Lipinski definition) is 1. The number of nitrogens with zero attached hydrogens (tertiary/aromatic N) is 1. The van der Waals surface area contributed by atoms with E-state index in [-0.39, 0.29) is 12.6 Å². The number of rotatable bonds is 3. The molecular formula is C16H25NO3S. The van der Waals surface area contributed by atoms with E-state index >= 15 is 0 Å². The van der Waals surface area contributed by atoms with Crippen molar-refractivity contribution in [3.8, 4) is 0 Å². The van der Waals surface area contributed by atoms with Crippen molar-refractivity contribution in [2.45, 2.75) is 64.0 Å². The maximum atomic E-state index is 13.0. The summed E-state index contributed by atoms with van der Waals surface area (Å²) >= 11 is 0. The minimum atomic E-state index is -3.50. The smallest absolute Gasteiger partial charge is 0.243 e. The Kier molecular flexibility index (Phi) is 5.07. The number of aliphatic hydroxyl groups excluding tert-OH is 1. The van der Waals surface area contributed by atoms with Gasteiger partial charge in [-0.1, -0.05) is 18.9 Å². The van der Waals surface area contributed by atoms with Crippen molar-refractivity contribution in [2.24, 2.45) is 0 Å². The van der Waals surface area contributed by atoms with E-state index in [1.807, 2.05) is 26.8 Å². The molecule has 1 saturated heterocycles. The summed E-state index contributed by atoms with van der Waals surface area (Å²) in [7, 11) is -3.50. The third-order valence-electron chi connectivity index (χ3n) is 4.44. The van der Waals surface area contributed by atoms with Crippen LogP contribution < -0.4 is 0 Å². The van der Waals surface area contributed by atoms with Gasteiger partial charge in [0.25, 0.3) is 0 Å². The maximum Gasteiger partial charge on any atom is 0.243 e. The Morgan fingerprint density at radius 1 is 1.24 bits per heavy atom. The first-order chi connectivity index (χ1) is 9.87. The molecule has 0 amide bonds. The third-order valence-corrected chi connectivity index (χ3v) is 6.58. The van der Waals surface area contributed by atoms with Crippen LogP contribution >= 0.6 is 0 Å². The predicted molar refractivity (Wildman–Crippen MR) is 83.7 cm³/mol. The molecule has 21 heavy (non-hydrogen) atoms. The van der Waals surface area contributed by atoms with E-state index in [0.717, 1.165) is 36.8 Å². The highest BCUT2D eigenvalue weighted by molar-refractivity contribution is 7.89. The van der Waals surface area contributed by atoms with Crippen LogP contribution in [0, 0.1) is 13.8 Å². The topological polar surface area (TPSA) is 57.6 Å². The molecule has 1 atom stereocenters. The zero-order valence-corrected chi connectivity index (χ0v) is 13.9. The van der Waals surface area contributed by atoms with E-state index in [9.17, 15) is 13.5 Å². The standard InChI is InChI=1S/C16H25NO3S/c1-12-9-15(11-18)10-16(14(12)3)21(19,20)17-8-6-4-5-7-13(17)2/h9-10,13,18H,4-8,11H2,1-3H3. The predicted octanol–water partition coefficient (Wildman–Crippen LogP) is 2.75. The molecule has 1 N–H and O–H groups in total. The first kappa shape index (κ1) is 16.5. The molecule has 0 saturated carbocycles. The van der Waals surface area contributed by atoms with Crippen molar-refractivity contribution in [1.29, 1.82) is 0 Å². The lowest BCUT2D eigenvalue weighted by Crippen LogP contribution is -2.38. The van der Waals surface area contributed by atoms with Gasteiger partial charge < -0.3 is 5.11 Å². The average molecular weight is 311 g/mol. The van der Waals surface area contributed by atoms with Gasteiger partial charge in [-0.25, -0.2) is 8.42 Å². The molecule has 0 radical (unpaired) electrons. The molecule has 1 aliphatic rings. The summed E-state index contributed by atoms with van der Waals surface area (Å²) in [6, 6.07) is 3.50. The normalized spacial score (nSPS) is 21.2. The number of aryl methyl sites for hydroxylation is 1. The Bertz CT molecular complexity index is 610. The average Bonchev–Trinajstić information content (AvgIpc) is 2.66. The molecule has 5 heteroatoms. The Morgan fingerprint density at radius 2 is 1.95 bits per heavy atom. The SMILES string of the molecule is Cc1cc(CO)cc(S(=O)(=O)N2CCCCCC2C)c1C. The largest absolute Gasteiger partial charge is 0.392 e. The summed E-state index contributed by atoms with van der Waals surface area (Å²) in [6.07, 6.45) is 4.01. The fourth-order valence-corrected chi connectivity index (χ4v) is 5.04. The van der Waals surface area contributed by atoms with Crippen LogP contribution in [0.3, 0.4) is 0 Å². The number of aliphatic hydroxyl groups is 1. The molecule has 0 aliphatic carbocycles. The zero-order valence-electron chi connectivity index (χ0n) is 13.1. The second-order valence-corrected chi connectivity index (χ2v) is 7.87. The molecule has 1 fully saturated rings. The van der Waals surface area contributed by atoms with Gasteiger partial charge >= 0.3 is 0 Å². The molecular weight excluding hydrogens is 286 g/mol. The summed E-state index contributed by atoms with van der Waals surface area (Å²) in [5.41, 5.74) is 2.34. The van der Waals surface area contributed by atoms with Crippen LogP contribution in [0.5, 0.6) is 0 Å². The number of benzene rings is 1. The summed E-state index contributed by atoms with van der Waals surface area (Å²) in [5, 5.41) is 9.34. The van der Waals surface area contributed by atoms with Gasteiger partial charge in [-0.05, 0) is 56.4 Å². The monoisotopic (exact) mass is 311 g/mol. The zero-order chi connectivity index (χ0) is 15.6. The summed E-state index contributed by atoms with van der Waals surface area (Å²) in [6.45, 7) is 6.16. The van der Waals surface area contributed by atoms with Crippen LogP contribution in [-0.4, -0.2) is 30.4 Å². The van der Waals surface area contributed by atoms with Gasteiger partial charge in [-0.15, -0.1) is 0 Å². The molecule has 118 valence electrons. The molecule has 0 spiro atoms. The maximum absolute atomic E-state index is 13.0. The minimum Gasteiger partial charge on any atom is -0.392 e. The quantitative estimate of drug-likeness (QED) is 0.934. The Labute approximate surface area is 127 Å². The van der Waals surface area contributed by atoms with Crippen LogP contribution in [-0.2, 0) is 16.6 Å². The van der Waals surface area contributed by atoms with Crippen molar-refractivity contribution in [3.05, 3.63) is 28.8 Å². The fourth-order valence-electron chi connectivity index (χ4n) is 2.99. The van der Waals surface area contributed by atoms with Gasteiger partial charge in [-0.2, -0.15) is 4.31 Å². The van der Waals surface area contributed by atoms with Crippen molar-refractivity contribution in [3.63, 3.8) is 0 Å². The van der Waals surface area contributed by atoms with Gasteiger partial charge in [0.2, 0.25) is 10.0 Å². The lowest BCUT2D eigenvalue weighted by Gasteiger charge is -2.27. The highest BCUT2D eigenvalue weighted by Crippen LogP contribution is 2.28. The van der Waals surface area contributed by atoms with Crippen LogP contribution in [0.2, 0.25) is 0 Å². The minimum absolute atomic E-state index is 0.0370. The molecule has 1 unspecified atom stereocenters. The molecule has 1 aliphatic heterocycles. The second-order valence-electron chi connectivity index (χ2n) is 6.01. The fraction of sp³-hybridized carbons (Fsp3) is 0.625. The molecule has 1 aromatic rings. The van der Waals surface area contributed by atoms with Crippen LogP contribution in [0.4, 0.5) is 0 Å². The van der Waals surface area contributed by atoms with Crippen LogP contribution in [0.15, 0.2) is 17.0 Å². The van der Waals surface area contributed by atoms with E-state index in [4.69, 9.17) is 0 Å². The molecule has 2 rings (SSSR count). The van der Waals surface area contributed by atoms with Crippen molar-refractivity contribution in [2.75, 3.05) is 6.54 Å². The van der Waals surface area contributed by atoms with Crippen molar-refractivity contribution in [1.82, 2.24) is 4.31 Å². The molecule has 1 aromatic carbocycles. The Balaban J connectivity index is 2.50. The van der Waals surface area contributed by atoms with Gasteiger partial charge in [0, 0.05) is 12.6 Å². The molecule has 0 aromatic heterocycles. The van der Waals surface area contributed by atoms with Gasteiger partial charge in [0.1, 0.15) is 0 Å². The van der Waals surface area contributed by atoms with Gasteiger partial charge in [0.15, 0.2) is 0 Å².